The summed E-state index contributed by atoms with van der Waals surface area (Å²) in [6.45, 7) is 4.75. The largest absolute Gasteiger partial charge is 0.0882 e. The van der Waals surface area contributed by atoms with E-state index in [1.54, 1.807) is 0 Å². The predicted octanol–water partition coefficient (Wildman–Crippen LogP) is 5.75. The van der Waals surface area contributed by atoms with E-state index in [9.17, 15) is 0 Å². The van der Waals surface area contributed by atoms with Gasteiger partial charge in [-0.05, 0) is 68.6 Å². The molecule has 0 aromatic heterocycles. The number of rotatable bonds is 3. The van der Waals surface area contributed by atoms with E-state index < -0.39 is 0 Å². The minimum Gasteiger partial charge on any atom is -0.0882 e. The van der Waals surface area contributed by atoms with Crippen LogP contribution in [0.2, 0.25) is 0 Å². The van der Waals surface area contributed by atoms with Crippen LogP contribution < -0.4 is 0 Å². The van der Waals surface area contributed by atoms with Crippen molar-refractivity contribution in [3.8, 4) is 0 Å². The molecule has 0 amide bonds. The summed E-state index contributed by atoms with van der Waals surface area (Å²) >= 11 is 0. The summed E-state index contributed by atoms with van der Waals surface area (Å²) < 4.78 is 0. The van der Waals surface area contributed by atoms with Crippen molar-refractivity contribution in [1.82, 2.24) is 0 Å². The van der Waals surface area contributed by atoms with Crippen LogP contribution in [0.25, 0.3) is 0 Å². The van der Waals surface area contributed by atoms with Crippen molar-refractivity contribution in [1.29, 1.82) is 0 Å². The zero-order valence-electron chi connectivity index (χ0n) is 12.3. The van der Waals surface area contributed by atoms with E-state index in [0.29, 0.717) is 0 Å². The summed E-state index contributed by atoms with van der Waals surface area (Å²) in [5.41, 5.74) is 0. The highest BCUT2D eigenvalue weighted by molar-refractivity contribution is 5.03. The monoisotopic (exact) mass is 246 g/mol. The van der Waals surface area contributed by atoms with Crippen molar-refractivity contribution < 1.29 is 0 Å². The third kappa shape index (κ3) is 4.30. The topological polar surface area (TPSA) is 0 Å². The lowest BCUT2D eigenvalue weighted by molar-refractivity contribution is 0.300. The maximum Gasteiger partial charge on any atom is -0.0168 e. The van der Waals surface area contributed by atoms with E-state index in [4.69, 9.17) is 0 Å². The van der Waals surface area contributed by atoms with Crippen LogP contribution in [0.1, 0.15) is 65.2 Å². The van der Waals surface area contributed by atoms with E-state index in [1.807, 2.05) is 0 Å². The summed E-state index contributed by atoms with van der Waals surface area (Å²) in [4.78, 5) is 0. The van der Waals surface area contributed by atoms with E-state index >= 15 is 0 Å². The molecular weight excluding hydrogens is 216 g/mol. The summed E-state index contributed by atoms with van der Waals surface area (Å²) in [7, 11) is 0. The summed E-state index contributed by atoms with van der Waals surface area (Å²) in [6.07, 6.45) is 21.1. The molecule has 0 fully saturated rings. The molecule has 2 rings (SSSR count). The fraction of sp³-hybridized carbons (Fsp3) is 0.778. The second-order valence-electron chi connectivity index (χ2n) is 6.78. The Hall–Kier alpha value is -0.520. The van der Waals surface area contributed by atoms with Gasteiger partial charge >= 0.3 is 0 Å². The molecule has 0 aromatic carbocycles. The van der Waals surface area contributed by atoms with Gasteiger partial charge < -0.3 is 0 Å². The van der Waals surface area contributed by atoms with Gasteiger partial charge in [-0.25, -0.2) is 0 Å². The molecule has 102 valence electrons. The Kier molecular flexibility index (Phi) is 5.53. The average molecular weight is 246 g/mol. The van der Waals surface area contributed by atoms with Crippen LogP contribution in [0, 0.1) is 23.7 Å². The lowest BCUT2D eigenvalue weighted by Gasteiger charge is -2.25. The minimum atomic E-state index is 0.825. The summed E-state index contributed by atoms with van der Waals surface area (Å²) in [5, 5.41) is 0. The highest BCUT2D eigenvalue weighted by Crippen LogP contribution is 2.35. The van der Waals surface area contributed by atoms with Gasteiger partial charge in [-0.3, -0.25) is 0 Å². The van der Waals surface area contributed by atoms with Gasteiger partial charge in [0.15, 0.2) is 0 Å². The van der Waals surface area contributed by atoms with Gasteiger partial charge in [-0.2, -0.15) is 0 Å². The lowest BCUT2D eigenvalue weighted by Crippen LogP contribution is -2.15. The molecule has 0 heterocycles. The first-order valence-electron chi connectivity index (χ1n) is 8.09. The minimum absolute atomic E-state index is 0.825. The normalized spacial score (nSPS) is 33.4. The van der Waals surface area contributed by atoms with Crippen LogP contribution >= 0.6 is 0 Å². The predicted molar refractivity (Wildman–Crippen MR) is 80.5 cm³/mol. The first kappa shape index (κ1) is 13.9. The van der Waals surface area contributed by atoms with Crippen molar-refractivity contribution in [2.75, 3.05) is 0 Å². The Morgan fingerprint density at radius 3 is 2.56 bits per heavy atom. The van der Waals surface area contributed by atoms with Crippen molar-refractivity contribution in [3.05, 3.63) is 24.3 Å². The van der Waals surface area contributed by atoms with Gasteiger partial charge in [0.25, 0.3) is 0 Å². The molecule has 0 saturated heterocycles. The highest BCUT2D eigenvalue weighted by Gasteiger charge is 2.23. The Labute approximate surface area is 114 Å². The molecule has 0 radical (unpaired) electrons. The molecule has 0 heteroatoms. The first-order chi connectivity index (χ1) is 8.75. The maximum atomic E-state index is 2.54. The molecule has 2 aliphatic rings. The average Bonchev–Trinajstić information content (AvgIpc) is 2.70. The number of hydrogen-bond donors (Lipinski definition) is 0. The van der Waals surface area contributed by atoms with E-state index in [-0.39, 0.29) is 0 Å². The lowest BCUT2D eigenvalue weighted by atomic mass is 9.80. The van der Waals surface area contributed by atoms with Gasteiger partial charge in [0, 0.05) is 0 Å². The van der Waals surface area contributed by atoms with Crippen molar-refractivity contribution in [2.24, 2.45) is 23.7 Å². The smallest absolute Gasteiger partial charge is 0.0168 e. The SMILES string of the molecule is CC(C)CC1CCC=CC(C2C=CCCCC2)C1. The van der Waals surface area contributed by atoms with Crippen molar-refractivity contribution in [2.45, 2.75) is 65.2 Å². The van der Waals surface area contributed by atoms with Gasteiger partial charge in [0.1, 0.15) is 0 Å². The molecule has 0 saturated carbocycles. The summed E-state index contributed by atoms with van der Waals surface area (Å²) in [6, 6.07) is 0. The van der Waals surface area contributed by atoms with Gasteiger partial charge in [0.2, 0.25) is 0 Å². The molecule has 0 spiro atoms. The van der Waals surface area contributed by atoms with Crippen molar-refractivity contribution >= 4 is 0 Å². The fourth-order valence-corrected chi connectivity index (χ4v) is 3.75. The number of allylic oxidation sites excluding steroid dienone is 4. The second kappa shape index (κ2) is 7.16. The van der Waals surface area contributed by atoms with Crippen LogP contribution in [-0.4, -0.2) is 0 Å². The second-order valence-corrected chi connectivity index (χ2v) is 6.78. The molecule has 0 N–H and O–H groups in total. The van der Waals surface area contributed by atoms with Crippen LogP contribution in [0.3, 0.4) is 0 Å². The quantitative estimate of drug-likeness (QED) is 0.556. The molecule has 0 bridgehead atoms. The molecule has 3 atom stereocenters. The van der Waals surface area contributed by atoms with Crippen molar-refractivity contribution in [3.63, 3.8) is 0 Å². The van der Waals surface area contributed by atoms with Crippen LogP contribution in [0.5, 0.6) is 0 Å². The third-order valence-electron chi connectivity index (χ3n) is 4.63. The van der Waals surface area contributed by atoms with Gasteiger partial charge in [0.05, 0.1) is 0 Å². The molecule has 0 nitrogen and oxygen atoms in total. The fourth-order valence-electron chi connectivity index (χ4n) is 3.75. The molecule has 0 aliphatic heterocycles. The Morgan fingerprint density at radius 1 is 0.944 bits per heavy atom. The Bertz CT molecular complexity index is 284. The third-order valence-corrected chi connectivity index (χ3v) is 4.63. The summed E-state index contributed by atoms with van der Waals surface area (Å²) in [5.74, 6) is 3.47. The molecule has 3 unspecified atom stereocenters. The van der Waals surface area contributed by atoms with Crippen LogP contribution in [0.15, 0.2) is 24.3 Å². The Morgan fingerprint density at radius 2 is 1.72 bits per heavy atom. The van der Waals surface area contributed by atoms with Crippen LogP contribution in [-0.2, 0) is 0 Å². The van der Waals surface area contributed by atoms with E-state index in [0.717, 1.165) is 23.7 Å². The maximum absolute atomic E-state index is 2.54. The zero-order valence-corrected chi connectivity index (χ0v) is 12.3. The van der Waals surface area contributed by atoms with E-state index in [2.05, 4.69) is 38.2 Å². The zero-order chi connectivity index (χ0) is 12.8. The standard InChI is InChI=1S/C18H30/c1-15(2)13-16-9-7-8-12-18(14-16)17-10-5-3-4-6-11-17/h5,8,10,12,15-18H,3-4,6-7,9,11,13-14H2,1-2H3. The van der Waals surface area contributed by atoms with Crippen LogP contribution in [0.4, 0.5) is 0 Å². The molecule has 18 heavy (non-hydrogen) atoms. The molecule has 0 aromatic rings. The first-order valence-corrected chi connectivity index (χ1v) is 8.09. The van der Waals surface area contributed by atoms with E-state index in [1.165, 1.54) is 51.4 Å². The molecular formula is C18H30. The number of hydrogen-bond acceptors (Lipinski definition) is 0. The Balaban J connectivity index is 1.96. The van der Waals surface area contributed by atoms with Gasteiger partial charge in [-0.1, -0.05) is 44.6 Å². The molecule has 2 aliphatic carbocycles. The highest BCUT2D eigenvalue weighted by atomic mass is 14.3. The van der Waals surface area contributed by atoms with Gasteiger partial charge in [-0.15, -0.1) is 0 Å².